The second-order valence-corrected chi connectivity index (χ2v) is 9.38. The number of hydrogen-bond acceptors (Lipinski definition) is 2. The molecule has 0 amide bonds. The van der Waals surface area contributed by atoms with Gasteiger partial charge < -0.3 is 5.32 Å². The molecule has 4 atom stereocenters. The maximum atomic E-state index is 3.99. The maximum Gasteiger partial charge on any atom is 0.0304 e. The second kappa shape index (κ2) is 3.85. The highest BCUT2D eigenvalue weighted by atomic mass is 32.1. The van der Waals surface area contributed by atoms with E-state index in [1.165, 1.54) is 43.4 Å². The van der Waals surface area contributed by atoms with E-state index in [0.29, 0.717) is 16.4 Å². The quantitative estimate of drug-likeness (QED) is 0.851. The Kier molecular flexibility index (Phi) is 2.52. The molecule has 1 aromatic rings. The van der Waals surface area contributed by atoms with Crippen molar-refractivity contribution >= 4 is 11.3 Å². The van der Waals surface area contributed by atoms with E-state index in [2.05, 4.69) is 36.7 Å². The minimum atomic E-state index is 0.451. The molecule has 0 aromatic carbocycles. The van der Waals surface area contributed by atoms with E-state index in [4.69, 9.17) is 0 Å². The molecule has 1 N–H and O–H groups in total. The molecule has 4 saturated carbocycles. The molecule has 4 aliphatic carbocycles. The van der Waals surface area contributed by atoms with Crippen LogP contribution in [0.4, 0.5) is 0 Å². The minimum Gasteiger partial charge on any atom is -0.306 e. The van der Waals surface area contributed by atoms with Gasteiger partial charge >= 0.3 is 0 Å². The summed E-state index contributed by atoms with van der Waals surface area (Å²) < 4.78 is 0. The standard InChI is InChI=1S/C17H25NS/c1-15-6-13-7-16(2,10-15)12-17(8-13,11-15)18-9-14-4-3-5-19-14/h3-5,13,18H,6-12H2,1-2H3/t13?,15-,16+,17?. The smallest absolute Gasteiger partial charge is 0.0304 e. The van der Waals surface area contributed by atoms with Gasteiger partial charge in [0.1, 0.15) is 0 Å². The van der Waals surface area contributed by atoms with Crippen LogP contribution >= 0.6 is 11.3 Å². The van der Waals surface area contributed by atoms with Gasteiger partial charge in [0.2, 0.25) is 0 Å². The largest absolute Gasteiger partial charge is 0.306 e. The summed E-state index contributed by atoms with van der Waals surface area (Å²) in [6.07, 6.45) is 8.72. The molecule has 4 fully saturated rings. The van der Waals surface area contributed by atoms with E-state index in [0.717, 1.165) is 12.5 Å². The number of hydrogen-bond donors (Lipinski definition) is 1. The van der Waals surface area contributed by atoms with E-state index >= 15 is 0 Å². The van der Waals surface area contributed by atoms with Gasteiger partial charge in [0.25, 0.3) is 0 Å². The lowest BCUT2D eigenvalue weighted by atomic mass is 9.43. The normalized spacial score (nSPS) is 47.8. The Morgan fingerprint density at radius 2 is 1.89 bits per heavy atom. The summed E-state index contributed by atoms with van der Waals surface area (Å²) in [6.45, 7) is 6.19. The predicted molar refractivity (Wildman–Crippen MR) is 81.3 cm³/mol. The van der Waals surface area contributed by atoms with Crippen molar-refractivity contribution < 1.29 is 0 Å². The molecule has 19 heavy (non-hydrogen) atoms. The van der Waals surface area contributed by atoms with Crippen LogP contribution in [0.5, 0.6) is 0 Å². The van der Waals surface area contributed by atoms with E-state index in [1.54, 1.807) is 0 Å². The molecule has 4 bridgehead atoms. The molecule has 1 aromatic heterocycles. The molecule has 5 rings (SSSR count). The van der Waals surface area contributed by atoms with Crippen molar-refractivity contribution in [1.29, 1.82) is 0 Å². The van der Waals surface area contributed by atoms with Gasteiger partial charge in [-0.15, -0.1) is 11.3 Å². The molecule has 0 spiro atoms. The first-order valence-electron chi connectivity index (χ1n) is 7.76. The second-order valence-electron chi connectivity index (χ2n) is 8.34. The third-order valence-corrected chi connectivity index (χ3v) is 6.72. The Morgan fingerprint density at radius 3 is 2.47 bits per heavy atom. The summed E-state index contributed by atoms with van der Waals surface area (Å²) in [5, 5.41) is 6.18. The van der Waals surface area contributed by atoms with Crippen molar-refractivity contribution in [2.24, 2.45) is 16.7 Å². The first kappa shape index (κ1) is 12.4. The lowest BCUT2D eigenvalue weighted by Gasteiger charge is -2.65. The molecule has 0 radical (unpaired) electrons. The highest BCUT2D eigenvalue weighted by Crippen LogP contribution is 2.66. The van der Waals surface area contributed by atoms with Crippen LogP contribution in [0, 0.1) is 16.7 Å². The van der Waals surface area contributed by atoms with Crippen molar-refractivity contribution in [3.05, 3.63) is 22.4 Å². The molecule has 4 aliphatic rings. The molecule has 2 heteroatoms. The van der Waals surface area contributed by atoms with E-state index < -0.39 is 0 Å². The average Bonchev–Trinajstić information content (AvgIpc) is 2.73. The van der Waals surface area contributed by atoms with Crippen LogP contribution in [0.3, 0.4) is 0 Å². The third kappa shape index (κ3) is 2.08. The zero-order valence-corrected chi connectivity index (χ0v) is 13.0. The van der Waals surface area contributed by atoms with Crippen molar-refractivity contribution in [1.82, 2.24) is 5.32 Å². The Bertz CT molecular complexity index is 459. The summed E-state index contributed by atoms with van der Waals surface area (Å²) >= 11 is 1.89. The third-order valence-electron chi connectivity index (χ3n) is 5.84. The van der Waals surface area contributed by atoms with Crippen LogP contribution in [-0.4, -0.2) is 5.54 Å². The molecular formula is C17H25NS. The molecule has 104 valence electrons. The highest BCUT2D eigenvalue weighted by molar-refractivity contribution is 7.09. The zero-order valence-electron chi connectivity index (χ0n) is 12.2. The highest BCUT2D eigenvalue weighted by Gasteiger charge is 2.59. The van der Waals surface area contributed by atoms with E-state index in [9.17, 15) is 0 Å². The van der Waals surface area contributed by atoms with Crippen LogP contribution in [0.25, 0.3) is 0 Å². The molecule has 0 saturated heterocycles. The van der Waals surface area contributed by atoms with Crippen molar-refractivity contribution in [3.8, 4) is 0 Å². The maximum absolute atomic E-state index is 3.99. The topological polar surface area (TPSA) is 12.0 Å². The van der Waals surface area contributed by atoms with Crippen LogP contribution in [0.1, 0.15) is 57.2 Å². The van der Waals surface area contributed by atoms with Gasteiger partial charge in [-0.25, -0.2) is 0 Å². The fraction of sp³-hybridized carbons (Fsp3) is 0.765. The Hall–Kier alpha value is -0.340. The predicted octanol–water partition coefficient (Wildman–Crippen LogP) is 4.59. The molecule has 0 aliphatic heterocycles. The summed E-state index contributed by atoms with van der Waals surface area (Å²) in [7, 11) is 0. The Labute approximate surface area is 120 Å². The lowest BCUT2D eigenvalue weighted by Crippen LogP contribution is -2.63. The van der Waals surface area contributed by atoms with Gasteiger partial charge in [-0.1, -0.05) is 19.9 Å². The summed E-state index contributed by atoms with van der Waals surface area (Å²) in [5.41, 5.74) is 1.69. The summed E-state index contributed by atoms with van der Waals surface area (Å²) in [6, 6.07) is 4.44. The van der Waals surface area contributed by atoms with Gasteiger partial charge in [-0.2, -0.15) is 0 Å². The van der Waals surface area contributed by atoms with Crippen LogP contribution in [0.15, 0.2) is 17.5 Å². The van der Waals surface area contributed by atoms with Crippen molar-refractivity contribution in [2.45, 2.75) is 64.5 Å². The van der Waals surface area contributed by atoms with E-state index in [1.807, 2.05) is 11.3 Å². The van der Waals surface area contributed by atoms with E-state index in [-0.39, 0.29) is 0 Å². The fourth-order valence-electron chi connectivity index (χ4n) is 6.33. The Morgan fingerprint density at radius 1 is 1.16 bits per heavy atom. The molecule has 2 unspecified atom stereocenters. The van der Waals surface area contributed by atoms with Gasteiger partial charge in [-0.05, 0) is 66.7 Å². The van der Waals surface area contributed by atoms with Crippen molar-refractivity contribution in [3.63, 3.8) is 0 Å². The van der Waals surface area contributed by atoms with Crippen LogP contribution < -0.4 is 5.32 Å². The first-order chi connectivity index (χ1) is 8.99. The van der Waals surface area contributed by atoms with Gasteiger partial charge in [0.15, 0.2) is 0 Å². The first-order valence-corrected chi connectivity index (χ1v) is 8.64. The fourth-order valence-corrected chi connectivity index (χ4v) is 6.98. The van der Waals surface area contributed by atoms with Gasteiger partial charge in [-0.3, -0.25) is 0 Å². The van der Waals surface area contributed by atoms with Crippen LogP contribution in [-0.2, 0) is 6.54 Å². The minimum absolute atomic E-state index is 0.451. The lowest BCUT2D eigenvalue weighted by molar-refractivity contribution is -0.118. The SMILES string of the molecule is C[C@]12CC3CC(NCc4cccs4)(C1)C[C@@](C)(C3)C2. The monoisotopic (exact) mass is 275 g/mol. The van der Waals surface area contributed by atoms with Crippen molar-refractivity contribution in [2.75, 3.05) is 0 Å². The average molecular weight is 275 g/mol. The Balaban J connectivity index is 1.57. The number of rotatable bonds is 3. The molecule has 1 nitrogen and oxygen atoms in total. The van der Waals surface area contributed by atoms with Gasteiger partial charge in [0.05, 0.1) is 0 Å². The summed E-state index contributed by atoms with van der Waals surface area (Å²) in [5.74, 6) is 0.988. The number of thiophene rings is 1. The van der Waals surface area contributed by atoms with Crippen LogP contribution in [0.2, 0.25) is 0 Å². The zero-order chi connectivity index (χ0) is 13.1. The van der Waals surface area contributed by atoms with Gasteiger partial charge in [0, 0.05) is 17.0 Å². The molecule has 1 heterocycles. The molecular weight excluding hydrogens is 250 g/mol. The summed E-state index contributed by atoms with van der Waals surface area (Å²) in [4.78, 5) is 1.49. The number of nitrogens with one attached hydrogen (secondary N) is 1.